The van der Waals surface area contributed by atoms with Crippen molar-refractivity contribution in [3.05, 3.63) is 35.4 Å². The van der Waals surface area contributed by atoms with Gasteiger partial charge in [-0.25, -0.2) is 0 Å². The van der Waals surface area contributed by atoms with Crippen molar-refractivity contribution in [1.82, 2.24) is 5.32 Å². The van der Waals surface area contributed by atoms with Gasteiger partial charge >= 0.3 is 0 Å². The Hall–Kier alpha value is -0.900. The molecule has 3 nitrogen and oxygen atoms in total. The molecule has 1 fully saturated rings. The molecule has 0 bridgehead atoms. The van der Waals surface area contributed by atoms with Gasteiger partial charge in [-0.05, 0) is 43.4 Å². The van der Waals surface area contributed by atoms with E-state index >= 15 is 0 Å². The van der Waals surface area contributed by atoms with Crippen LogP contribution in [0.2, 0.25) is 0 Å². The van der Waals surface area contributed by atoms with Gasteiger partial charge < -0.3 is 15.8 Å². The Bertz CT molecular complexity index is 401. The minimum atomic E-state index is 0.196. The van der Waals surface area contributed by atoms with Gasteiger partial charge in [0.15, 0.2) is 0 Å². The zero-order chi connectivity index (χ0) is 12.4. The van der Waals surface area contributed by atoms with Gasteiger partial charge in [0, 0.05) is 18.7 Å². The Morgan fingerprint density at radius 2 is 2.11 bits per heavy atom. The number of ether oxygens (including phenoxy) is 1. The van der Waals surface area contributed by atoms with Gasteiger partial charge in [0.1, 0.15) is 0 Å². The zero-order valence-electron chi connectivity index (χ0n) is 10.8. The Morgan fingerprint density at radius 3 is 2.89 bits per heavy atom. The minimum absolute atomic E-state index is 0.196. The van der Waals surface area contributed by atoms with Crippen molar-refractivity contribution in [1.29, 1.82) is 0 Å². The maximum Gasteiger partial charge on any atom is 0.0588 e. The number of fused-ring (bicyclic) bond motifs is 1. The van der Waals surface area contributed by atoms with E-state index in [0.717, 1.165) is 26.0 Å². The van der Waals surface area contributed by atoms with Crippen LogP contribution >= 0.6 is 0 Å². The van der Waals surface area contributed by atoms with Gasteiger partial charge in [-0.15, -0.1) is 0 Å². The molecule has 0 amide bonds. The molecule has 3 rings (SSSR count). The van der Waals surface area contributed by atoms with Crippen LogP contribution in [0.3, 0.4) is 0 Å². The van der Waals surface area contributed by atoms with E-state index in [9.17, 15) is 0 Å². The summed E-state index contributed by atoms with van der Waals surface area (Å²) in [6.07, 6.45) is 5.06. The first-order chi connectivity index (χ1) is 8.84. The SMILES string of the molecule is NC1CC(NCCC2CCCO2)c2ccccc21. The fraction of sp³-hybridized carbons (Fsp3) is 0.600. The number of nitrogens with two attached hydrogens (primary N) is 1. The van der Waals surface area contributed by atoms with Crippen LogP contribution in [-0.2, 0) is 4.74 Å². The summed E-state index contributed by atoms with van der Waals surface area (Å²) in [5.74, 6) is 0. The predicted octanol–water partition coefficient (Wildman–Crippen LogP) is 2.29. The number of nitrogens with one attached hydrogen (secondary N) is 1. The number of benzene rings is 1. The van der Waals surface area contributed by atoms with Crippen molar-refractivity contribution in [3.63, 3.8) is 0 Å². The summed E-state index contributed by atoms with van der Waals surface area (Å²) in [6.45, 7) is 1.97. The Morgan fingerprint density at radius 1 is 1.28 bits per heavy atom. The van der Waals surface area contributed by atoms with Gasteiger partial charge in [-0.1, -0.05) is 24.3 Å². The van der Waals surface area contributed by atoms with Crippen LogP contribution in [0.1, 0.15) is 48.9 Å². The molecule has 0 saturated carbocycles. The van der Waals surface area contributed by atoms with Crippen molar-refractivity contribution in [2.75, 3.05) is 13.2 Å². The van der Waals surface area contributed by atoms with Crippen molar-refractivity contribution < 1.29 is 4.74 Å². The highest BCUT2D eigenvalue weighted by Gasteiger charge is 2.27. The number of rotatable bonds is 4. The molecule has 3 N–H and O–H groups in total. The van der Waals surface area contributed by atoms with Crippen LogP contribution in [0.5, 0.6) is 0 Å². The van der Waals surface area contributed by atoms with Crippen molar-refractivity contribution in [2.45, 2.75) is 43.9 Å². The average molecular weight is 246 g/mol. The van der Waals surface area contributed by atoms with Crippen molar-refractivity contribution in [2.24, 2.45) is 5.73 Å². The molecule has 0 radical (unpaired) electrons. The molecule has 18 heavy (non-hydrogen) atoms. The Balaban J connectivity index is 1.54. The third-order valence-corrected chi connectivity index (χ3v) is 4.14. The molecule has 1 heterocycles. The number of hydrogen-bond donors (Lipinski definition) is 2. The third-order valence-electron chi connectivity index (χ3n) is 4.14. The van der Waals surface area contributed by atoms with E-state index in [2.05, 4.69) is 29.6 Å². The molecule has 1 aromatic rings. The van der Waals surface area contributed by atoms with Crippen LogP contribution < -0.4 is 11.1 Å². The van der Waals surface area contributed by atoms with E-state index in [0.29, 0.717) is 12.1 Å². The van der Waals surface area contributed by atoms with Crippen LogP contribution in [0.15, 0.2) is 24.3 Å². The lowest BCUT2D eigenvalue weighted by Gasteiger charge is -2.16. The summed E-state index contributed by atoms with van der Waals surface area (Å²) in [6, 6.07) is 9.16. The molecular formula is C15H22N2O. The lowest BCUT2D eigenvalue weighted by Crippen LogP contribution is -2.24. The summed E-state index contributed by atoms with van der Waals surface area (Å²) < 4.78 is 5.64. The fourth-order valence-electron chi connectivity index (χ4n) is 3.16. The molecule has 0 spiro atoms. The highest BCUT2D eigenvalue weighted by molar-refractivity contribution is 5.37. The molecule has 1 aromatic carbocycles. The van der Waals surface area contributed by atoms with Gasteiger partial charge in [-0.2, -0.15) is 0 Å². The average Bonchev–Trinajstić information content (AvgIpc) is 3.00. The van der Waals surface area contributed by atoms with E-state index in [1.54, 1.807) is 0 Å². The van der Waals surface area contributed by atoms with Crippen molar-refractivity contribution in [3.8, 4) is 0 Å². The first-order valence-electron chi connectivity index (χ1n) is 7.04. The predicted molar refractivity (Wildman–Crippen MR) is 72.3 cm³/mol. The Kier molecular flexibility index (Phi) is 3.64. The smallest absolute Gasteiger partial charge is 0.0588 e. The largest absolute Gasteiger partial charge is 0.378 e. The van der Waals surface area contributed by atoms with E-state index in [4.69, 9.17) is 10.5 Å². The fourth-order valence-corrected chi connectivity index (χ4v) is 3.16. The van der Waals surface area contributed by atoms with Crippen LogP contribution in [0.4, 0.5) is 0 Å². The second kappa shape index (κ2) is 5.39. The summed E-state index contributed by atoms with van der Waals surface area (Å²) in [7, 11) is 0. The quantitative estimate of drug-likeness (QED) is 0.857. The van der Waals surface area contributed by atoms with Crippen LogP contribution in [0.25, 0.3) is 0 Å². The molecule has 1 saturated heterocycles. The zero-order valence-corrected chi connectivity index (χ0v) is 10.8. The number of hydrogen-bond acceptors (Lipinski definition) is 3. The highest BCUT2D eigenvalue weighted by atomic mass is 16.5. The first-order valence-corrected chi connectivity index (χ1v) is 7.04. The van der Waals surface area contributed by atoms with E-state index in [-0.39, 0.29) is 6.04 Å². The van der Waals surface area contributed by atoms with Gasteiger partial charge in [0.2, 0.25) is 0 Å². The third kappa shape index (κ3) is 2.44. The summed E-state index contributed by atoms with van der Waals surface area (Å²) >= 11 is 0. The van der Waals surface area contributed by atoms with E-state index in [1.807, 2.05) is 0 Å². The molecular weight excluding hydrogens is 224 g/mol. The lowest BCUT2D eigenvalue weighted by molar-refractivity contribution is 0.103. The second-order valence-electron chi connectivity index (χ2n) is 5.40. The molecule has 3 atom stereocenters. The maximum absolute atomic E-state index is 6.17. The monoisotopic (exact) mass is 246 g/mol. The first kappa shape index (κ1) is 12.2. The molecule has 98 valence electrons. The van der Waals surface area contributed by atoms with Crippen molar-refractivity contribution >= 4 is 0 Å². The molecule has 2 aliphatic rings. The van der Waals surface area contributed by atoms with E-state index in [1.165, 1.54) is 24.0 Å². The normalized spacial score (nSPS) is 30.6. The van der Waals surface area contributed by atoms with Crippen LogP contribution in [-0.4, -0.2) is 19.3 Å². The summed E-state index contributed by atoms with van der Waals surface area (Å²) in [5, 5.41) is 3.64. The highest BCUT2D eigenvalue weighted by Crippen LogP contribution is 2.36. The molecule has 3 heteroatoms. The molecule has 0 aromatic heterocycles. The molecule has 1 aliphatic heterocycles. The topological polar surface area (TPSA) is 47.3 Å². The minimum Gasteiger partial charge on any atom is -0.378 e. The van der Waals surface area contributed by atoms with Gasteiger partial charge in [-0.3, -0.25) is 0 Å². The van der Waals surface area contributed by atoms with Gasteiger partial charge in [0.25, 0.3) is 0 Å². The van der Waals surface area contributed by atoms with Gasteiger partial charge in [0.05, 0.1) is 6.10 Å². The van der Waals surface area contributed by atoms with E-state index < -0.39 is 0 Å². The summed E-state index contributed by atoms with van der Waals surface area (Å²) in [4.78, 5) is 0. The molecule has 3 unspecified atom stereocenters. The lowest BCUT2D eigenvalue weighted by atomic mass is 10.1. The molecule has 1 aliphatic carbocycles. The standard InChI is InChI=1S/C15H22N2O/c16-14-10-15(13-6-2-1-5-12(13)14)17-8-7-11-4-3-9-18-11/h1-2,5-6,11,14-15,17H,3-4,7-10,16H2. The summed E-state index contributed by atoms with van der Waals surface area (Å²) in [5.41, 5.74) is 8.86. The Labute approximate surface area is 109 Å². The maximum atomic E-state index is 6.17. The van der Waals surface area contributed by atoms with Crippen LogP contribution in [0, 0.1) is 0 Å². The second-order valence-corrected chi connectivity index (χ2v) is 5.40.